The van der Waals surface area contributed by atoms with Gasteiger partial charge < -0.3 is 5.73 Å². The molecule has 1 saturated heterocycles. The summed E-state index contributed by atoms with van der Waals surface area (Å²) in [4.78, 5) is 11.4. The highest BCUT2D eigenvalue weighted by atomic mass is 32.2. The van der Waals surface area contributed by atoms with E-state index in [0.717, 1.165) is 0 Å². The van der Waals surface area contributed by atoms with E-state index in [1.54, 1.807) is 13.8 Å². The second kappa shape index (κ2) is 8.03. The first-order valence-electron chi connectivity index (χ1n) is 8.54. The van der Waals surface area contributed by atoms with Crippen LogP contribution < -0.4 is 5.73 Å². The van der Waals surface area contributed by atoms with Gasteiger partial charge in [0.15, 0.2) is 0 Å². The number of nitrogens with two attached hydrogens (primary N) is 1. The third-order valence-electron chi connectivity index (χ3n) is 4.59. The summed E-state index contributed by atoms with van der Waals surface area (Å²) in [6.07, 6.45) is 1.13. The largest absolute Gasteiger partial charge is 0.369 e. The van der Waals surface area contributed by atoms with Crippen LogP contribution >= 0.6 is 0 Å². The molecule has 0 radical (unpaired) electrons. The van der Waals surface area contributed by atoms with Gasteiger partial charge in [-0.05, 0) is 37.1 Å². The van der Waals surface area contributed by atoms with Gasteiger partial charge in [0.2, 0.25) is 26.0 Å². The molecule has 0 bridgehead atoms. The Hall–Kier alpha value is -1.49. The first-order chi connectivity index (χ1) is 12.1. The Kier molecular flexibility index (Phi) is 6.43. The van der Waals surface area contributed by atoms with Crippen molar-refractivity contribution in [3.8, 4) is 0 Å². The molecule has 8 nitrogen and oxygen atoms in total. The number of carbonyl (C=O) groups is 1. The van der Waals surface area contributed by atoms with Crippen LogP contribution in [0.3, 0.4) is 0 Å². The monoisotopic (exact) mass is 403 g/mol. The van der Waals surface area contributed by atoms with Crippen LogP contribution in [0.5, 0.6) is 0 Å². The Bertz CT molecular complexity index is 846. The highest BCUT2D eigenvalue weighted by Crippen LogP contribution is 2.25. The Morgan fingerprint density at radius 2 is 1.65 bits per heavy atom. The average Bonchev–Trinajstić information content (AvgIpc) is 2.62. The molecule has 0 aromatic heterocycles. The van der Waals surface area contributed by atoms with Crippen LogP contribution in [0.25, 0.3) is 0 Å². The summed E-state index contributed by atoms with van der Waals surface area (Å²) in [6.45, 7) is 4.52. The van der Waals surface area contributed by atoms with Crippen LogP contribution in [0.2, 0.25) is 0 Å². The van der Waals surface area contributed by atoms with Crippen LogP contribution in [0.4, 0.5) is 0 Å². The third kappa shape index (κ3) is 4.08. The molecule has 26 heavy (non-hydrogen) atoms. The number of hydrogen-bond acceptors (Lipinski definition) is 5. The van der Waals surface area contributed by atoms with E-state index in [1.165, 1.54) is 32.9 Å². The van der Waals surface area contributed by atoms with Gasteiger partial charge in [-0.1, -0.05) is 13.8 Å². The minimum Gasteiger partial charge on any atom is -0.369 e. The molecule has 1 aliphatic heterocycles. The van der Waals surface area contributed by atoms with Gasteiger partial charge in [0.25, 0.3) is 0 Å². The number of sulfonamides is 2. The van der Waals surface area contributed by atoms with Crippen LogP contribution in [-0.4, -0.2) is 57.5 Å². The van der Waals surface area contributed by atoms with Gasteiger partial charge in [0.1, 0.15) is 0 Å². The molecule has 1 heterocycles. The topological polar surface area (TPSA) is 118 Å². The quantitative estimate of drug-likeness (QED) is 0.715. The standard InChI is InChI=1S/C16H25N3O5S2/c1-3-18(4-2)25(21,22)14-7-9-15(10-8-14)26(23,24)19-11-5-6-13(12-19)16(17)20/h7-10,13H,3-6,11-12H2,1-2H3,(H2,17,20)/t13-/m1/s1. The summed E-state index contributed by atoms with van der Waals surface area (Å²) in [5.41, 5.74) is 5.30. The van der Waals surface area contributed by atoms with Gasteiger partial charge in [-0.15, -0.1) is 0 Å². The lowest BCUT2D eigenvalue weighted by Crippen LogP contribution is -2.44. The number of benzene rings is 1. The van der Waals surface area contributed by atoms with E-state index in [-0.39, 0.29) is 16.3 Å². The molecular weight excluding hydrogens is 378 g/mol. The molecule has 1 amide bonds. The van der Waals surface area contributed by atoms with Gasteiger partial charge >= 0.3 is 0 Å². The summed E-state index contributed by atoms with van der Waals surface area (Å²) in [5, 5.41) is 0. The maximum absolute atomic E-state index is 12.8. The zero-order chi connectivity index (χ0) is 19.5. The number of primary amides is 1. The van der Waals surface area contributed by atoms with Gasteiger partial charge in [-0.25, -0.2) is 16.8 Å². The van der Waals surface area contributed by atoms with Crippen molar-refractivity contribution in [2.24, 2.45) is 11.7 Å². The number of nitrogens with zero attached hydrogens (tertiary/aromatic N) is 2. The minimum absolute atomic E-state index is 0.00103. The summed E-state index contributed by atoms with van der Waals surface area (Å²) >= 11 is 0. The van der Waals surface area contributed by atoms with Crippen LogP contribution in [0, 0.1) is 5.92 Å². The minimum atomic E-state index is -3.80. The fourth-order valence-corrected chi connectivity index (χ4v) is 6.02. The van der Waals surface area contributed by atoms with Gasteiger partial charge in [0.05, 0.1) is 15.7 Å². The highest BCUT2D eigenvalue weighted by molar-refractivity contribution is 7.89. The van der Waals surface area contributed by atoms with Crippen molar-refractivity contribution in [3.05, 3.63) is 24.3 Å². The predicted molar refractivity (Wildman–Crippen MR) is 97.2 cm³/mol. The Morgan fingerprint density at radius 3 is 2.15 bits per heavy atom. The summed E-state index contributed by atoms with van der Waals surface area (Å²) in [5.74, 6) is -1.01. The van der Waals surface area contributed by atoms with Crippen molar-refractivity contribution in [3.63, 3.8) is 0 Å². The van der Waals surface area contributed by atoms with E-state index in [1.807, 2.05) is 0 Å². The fraction of sp³-hybridized carbons (Fsp3) is 0.562. The van der Waals surface area contributed by atoms with Crippen molar-refractivity contribution in [2.45, 2.75) is 36.5 Å². The van der Waals surface area contributed by atoms with Crippen molar-refractivity contribution in [2.75, 3.05) is 26.2 Å². The van der Waals surface area contributed by atoms with Gasteiger partial charge in [-0.2, -0.15) is 8.61 Å². The molecule has 1 aromatic rings. The van der Waals surface area contributed by atoms with Crippen LogP contribution in [0.1, 0.15) is 26.7 Å². The molecular formula is C16H25N3O5S2. The maximum Gasteiger partial charge on any atom is 0.243 e. The van der Waals surface area contributed by atoms with Crippen molar-refractivity contribution >= 4 is 26.0 Å². The van der Waals surface area contributed by atoms with E-state index in [2.05, 4.69) is 0 Å². The Labute approximate surface area is 155 Å². The molecule has 0 saturated carbocycles. The molecule has 0 spiro atoms. The molecule has 2 N–H and O–H groups in total. The fourth-order valence-electron chi connectivity index (χ4n) is 3.04. The lowest BCUT2D eigenvalue weighted by Gasteiger charge is -2.30. The lowest BCUT2D eigenvalue weighted by atomic mass is 9.99. The summed E-state index contributed by atoms with van der Waals surface area (Å²) < 4.78 is 53.1. The molecule has 1 fully saturated rings. The van der Waals surface area contributed by atoms with Crippen molar-refractivity contribution in [1.29, 1.82) is 0 Å². The summed E-state index contributed by atoms with van der Waals surface area (Å²) in [6, 6.07) is 5.19. The molecule has 2 rings (SSSR count). The lowest BCUT2D eigenvalue weighted by molar-refractivity contribution is -0.122. The third-order valence-corrected chi connectivity index (χ3v) is 8.53. The molecule has 10 heteroatoms. The molecule has 1 aliphatic rings. The number of rotatable bonds is 7. The van der Waals surface area contributed by atoms with E-state index < -0.39 is 31.9 Å². The number of hydrogen-bond donors (Lipinski definition) is 1. The van der Waals surface area contributed by atoms with Gasteiger partial charge in [0, 0.05) is 26.2 Å². The first kappa shape index (κ1) is 20.8. The molecule has 0 aliphatic carbocycles. The summed E-state index contributed by atoms with van der Waals surface area (Å²) in [7, 11) is -7.45. The predicted octanol–water partition coefficient (Wildman–Crippen LogP) is 0.603. The van der Waals surface area contributed by atoms with Crippen LogP contribution in [0.15, 0.2) is 34.1 Å². The number of amides is 1. The second-order valence-electron chi connectivity index (χ2n) is 6.17. The zero-order valence-electron chi connectivity index (χ0n) is 15.0. The number of piperidine rings is 1. The second-order valence-corrected chi connectivity index (χ2v) is 10.0. The van der Waals surface area contributed by atoms with E-state index in [4.69, 9.17) is 5.73 Å². The normalized spacial score (nSPS) is 19.6. The molecule has 1 aromatic carbocycles. The van der Waals surface area contributed by atoms with Gasteiger partial charge in [-0.3, -0.25) is 4.79 Å². The Morgan fingerprint density at radius 1 is 1.12 bits per heavy atom. The molecule has 146 valence electrons. The van der Waals surface area contributed by atoms with E-state index in [9.17, 15) is 21.6 Å². The molecule has 0 unspecified atom stereocenters. The zero-order valence-corrected chi connectivity index (χ0v) is 16.6. The smallest absolute Gasteiger partial charge is 0.243 e. The van der Waals surface area contributed by atoms with Crippen LogP contribution in [-0.2, 0) is 24.8 Å². The first-order valence-corrected chi connectivity index (χ1v) is 11.4. The van der Waals surface area contributed by atoms with Crippen molar-refractivity contribution < 1.29 is 21.6 Å². The molecule has 1 atom stereocenters. The number of carbonyl (C=O) groups excluding carboxylic acids is 1. The average molecular weight is 404 g/mol. The Balaban J connectivity index is 2.28. The maximum atomic E-state index is 12.8. The highest BCUT2D eigenvalue weighted by Gasteiger charge is 2.32. The van der Waals surface area contributed by atoms with Crippen molar-refractivity contribution in [1.82, 2.24) is 8.61 Å². The van der Waals surface area contributed by atoms with E-state index in [0.29, 0.717) is 32.5 Å². The SMILES string of the molecule is CCN(CC)S(=O)(=O)c1ccc(S(=O)(=O)N2CCC[C@@H](C(N)=O)C2)cc1. The van der Waals surface area contributed by atoms with E-state index >= 15 is 0 Å².